The first kappa shape index (κ1) is 20.6. The number of methoxy groups -OCH3 is 3. The summed E-state index contributed by atoms with van der Waals surface area (Å²) >= 11 is 12.0. The Morgan fingerprint density at radius 3 is 2.19 bits per heavy atom. The van der Waals surface area contributed by atoms with E-state index in [1.807, 2.05) is 0 Å². The van der Waals surface area contributed by atoms with Gasteiger partial charge >= 0.3 is 5.97 Å². The highest BCUT2D eigenvalue weighted by Gasteiger charge is 2.24. The monoisotopic (exact) mass is 415 g/mol. The molecule has 0 saturated carbocycles. The molecule has 2 aromatic carbocycles. The lowest BCUT2D eigenvalue weighted by atomic mass is 10.1. The molecule has 144 valence electrons. The highest BCUT2D eigenvalue weighted by atomic mass is 35.5. The summed E-state index contributed by atoms with van der Waals surface area (Å²) < 4.78 is 20.5. The molecule has 2 aromatic rings. The lowest BCUT2D eigenvalue weighted by Crippen LogP contribution is -2.09. The number of ether oxygens (including phenoxy) is 4. The van der Waals surface area contributed by atoms with Gasteiger partial charge < -0.3 is 18.9 Å². The van der Waals surface area contributed by atoms with Gasteiger partial charge in [-0.1, -0.05) is 23.2 Å². The number of carbonyl (C=O) groups excluding carboxylic acids is 1. The zero-order valence-corrected chi connectivity index (χ0v) is 16.1. The van der Waals surface area contributed by atoms with E-state index >= 15 is 0 Å². The summed E-state index contributed by atoms with van der Waals surface area (Å²) in [4.78, 5) is 23.2. The van der Waals surface area contributed by atoms with Crippen LogP contribution in [0.5, 0.6) is 17.2 Å². The molecule has 0 atom stereocenters. The number of hydrogen-bond donors (Lipinski definition) is 0. The number of hydrogen-bond acceptors (Lipinski definition) is 7. The lowest BCUT2D eigenvalue weighted by molar-refractivity contribution is -0.385. The van der Waals surface area contributed by atoms with Gasteiger partial charge in [0.05, 0.1) is 47.9 Å². The second-order valence-corrected chi connectivity index (χ2v) is 5.92. The Labute approximate surface area is 164 Å². The van der Waals surface area contributed by atoms with Crippen LogP contribution in [-0.4, -0.2) is 32.2 Å². The zero-order chi connectivity index (χ0) is 20.1. The molecule has 0 unspecified atom stereocenters. The Bertz CT molecular complexity index is 886. The van der Waals surface area contributed by atoms with Gasteiger partial charge in [-0.15, -0.1) is 0 Å². The Balaban J connectivity index is 2.35. The van der Waals surface area contributed by atoms with Crippen molar-refractivity contribution in [3.63, 3.8) is 0 Å². The van der Waals surface area contributed by atoms with Crippen LogP contribution in [-0.2, 0) is 11.3 Å². The first-order valence-electron chi connectivity index (χ1n) is 7.42. The molecule has 0 aliphatic carbocycles. The van der Waals surface area contributed by atoms with Gasteiger partial charge in [0.15, 0.2) is 17.2 Å². The van der Waals surface area contributed by atoms with E-state index in [-0.39, 0.29) is 44.1 Å². The van der Waals surface area contributed by atoms with Gasteiger partial charge in [0.1, 0.15) is 12.2 Å². The molecule has 0 radical (unpaired) electrons. The van der Waals surface area contributed by atoms with E-state index in [0.29, 0.717) is 0 Å². The van der Waals surface area contributed by atoms with E-state index in [1.54, 1.807) is 0 Å². The highest BCUT2D eigenvalue weighted by Crippen LogP contribution is 2.36. The number of carbonyl (C=O) groups is 1. The molecule has 0 bridgehead atoms. The van der Waals surface area contributed by atoms with Crippen molar-refractivity contribution in [1.29, 1.82) is 0 Å². The van der Waals surface area contributed by atoms with Crippen LogP contribution >= 0.6 is 23.2 Å². The fraction of sp³-hybridized carbons (Fsp3) is 0.235. The summed E-state index contributed by atoms with van der Waals surface area (Å²) in [5.41, 5.74) is -0.248. The Morgan fingerprint density at radius 1 is 1.04 bits per heavy atom. The Morgan fingerprint density at radius 2 is 1.63 bits per heavy atom. The first-order valence-corrected chi connectivity index (χ1v) is 8.18. The SMILES string of the molecule is COc1cc(COC(=O)c2c(Cl)ccc(Cl)c2OC)c([N+](=O)[O-])cc1OC. The predicted molar refractivity (Wildman–Crippen MR) is 98.3 cm³/mol. The molecular weight excluding hydrogens is 401 g/mol. The molecule has 27 heavy (non-hydrogen) atoms. The van der Waals surface area contributed by atoms with Crippen molar-refractivity contribution in [1.82, 2.24) is 0 Å². The summed E-state index contributed by atoms with van der Waals surface area (Å²) in [6, 6.07) is 5.44. The van der Waals surface area contributed by atoms with Crippen molar-refractivity contribution in [2.45, 2.75) is 6.61 Å². The minimum absolute atomic E-state index is 0.0518. The van der Waals surface area contributed by atoms with E-state index < -0.39 is 17.5 Å². The molecule has 0 fully saturated rings. The maximum absolute atomic E-state index is 12.5. The summed E-state index contributed by atoms with van der Waals surface area (Å²) in [7, 11) is 4.07. The quantitative estimate of drug-likeness (QED) is 0.377. The zero-order valence-electron chi connectivity index (χ0n) is 14.6. The van der Waals surface area contributed by atoms with Gasteiger partial charge in [-0.2, -0.15) is 0 Å². The topological polar surface area (TPSA) is 97.1 Å². The standard InChI is InChI=1S/C17H15Cl2NO7/c1-24-13-6-9(12(20(22)23)7-14(13)25-2)8-27-17(21)15-10(18)4-5-11(19)16(15)26-3/h4-7H,8H2,1-3H3. The molecule has 0 N–H and O–H groups in total. The second kappa shape index (κ2) is 8.79. The van der Waals surface area contributed by atoms with Crippen molar-refractivity contribution >= 4 is 34.9 Å². The van der Waals surface area contributed by atoms with Gasteiger partial charge in [0.25, 0.3) is 5.69 Å². The molecule has 0 aliphatic heterocycles. The van der Waals surface area contributed by atoms with Crippen molar-refractivity contribution in [3.8, 4) is 17.2 Å². The number of halogens is 2. The van der Waals surface area contributed by atoms with Crippen LogP contribution in [0.3, 0.4) is 0 Å². The maximum Gasteiger partial charge on any atom is 0.343 e. The maximum atomic E-state index is 12.5. The first-order chi connectivity index (χ1) is 12.8. The van der Waals surface area contributed by atoms with Crippen LogP contribution < -0.4 is 14.2 Å². The third-order valence-corrected chi connectivity index (χ3v) is 4.22. The van der Waals surface area contributed by atoms with Gasteiger partial charge in [-0.25, -0.2) is 4.79 Å². The van der Waals surface area contributed by atoms with Crippen LogP contribution in [0.2, 0.25) is 10.0 Å². The van der Waals surface area contributed by atoms with E-state index in [0.717, 1.165) is 0 Å². The average Bonchev–Trinajstić information content (AvgIpc) is 2.66. The number of nitro benzene ring substituents is 1. The highest BCUT2D eigenvalue weighted by molar-refractivity contribution is 6.37. The Kier molecular flexibility index (Phi) is 6.70. The molecule has 10 heteroatoms. The number of rotatable bonds is 7. The van der Waals surface area contributed by atoms with E-state index in [1.165, 1.54) is 45.6 Å². The molecule has 0 amide bonds. The van der Waals surface area contributed by atoms with E-state index in [9.17, 15) is 14.9 Å². The van der Waals surface area contributed by atoms with Crippen molar-refractivity contribution in [2.75, 3.05) is 21.3 Å². The average molecular weight is 416 g/mol. The smallest absolute Gasteiger partial charge is 0.343 e. The molecule has 8 nitrogen and oxygen atoms in total. The summed E-state index contributed by atoms with van der Waals surface area (Å²) in [6.45, 7) is -0.401. The molecule has 0 spiro atoms. The largest absolute Gasteiger partial charge is 0.494 e. The van der Waals surface area contributed by atoms with Crippen LogP contribution in [0.25, 0.3) is 0 Å². The summed E-state index contributed by atoms with van der Waals surface area (Å²) in [6.07, 6.45) is 0. The molecule has 2 rings (SSSR count). The fourth-order valence-electron chi connectivity index (χ4n) is 2.33. The second-order valence-electron chi connectivity index (χ2n) is 5.11. The number of nitro groups is 1. The normalized spacial score (nSPS) is 10.3. The fourth-order valence-corrected chi connectivity index (χ4v) is 2.79. The van der Waals surface area contributed by atoms with Crippen molar-refractivity contribution in [2.24, 2.45) is 0 Å². The minimum atomic E-state index is -0.844. The van der Waals surface area contributed by atoms with Gasteiger partial charge in [0.2, 0.25) is 0 Å². The third-order valence-electron chi connectivity index (χ3n) is 3.61. The lowest BCUT2D eigenvalue weighted by Gasteiger charge is -2.13. The van der Waals surface area contributed by atoms with Crippen LogP contribution in [0.15, 0.2) is 24.3 Å². The number of benzene rings is 2. The van der Waals surface area contributed by atoms with Crippen LogP contribution in [0.4, 0.5) is 5.69 Å². The van der Waals surface area contributed by atoms with Crippen LogP contribution in [0, 0.1) is 10.1 Å². The summed E-state index contributed by atoms with van der Waals surface area (Å²) in [5.74, 6) is -0.356. The van der Waals surface area contributed by atoms with Crippen LogP contribution in [0.1, 0.15) is 15.9 Å². The molecule has 0 saturated heterocycles. The molecular formula is C17H15Cl2NO7. The van der Waals surface area contributed by atoms with E-state index in [4.69, 9.17) is 42.1 Å². The molecule has 0 heterocycles. The van der Waals surface area contributed by atoms with Gasteiger partial charge in [0, 0.05) is 0 Å². The Hall–Kier alpha value is -2.71. The molecule has 0 aliphatic rings. The third kappa shape index (κ3) is 4.35. The summed E-state index contributed by atoms with van der Waals surface area (Å²) in [5, 5.41) is 11.6. The number of nitrogens with zero attached hydrogens (tertiary/aromatic N) is 1. The predicted octanol–water partition coefficient (Wildman–Crippen LogP) is 4.28. The van der Waals surface area contributed by atoms with Crippen molar-refractivity contribution in [3.05, 3.63) is 55.6 Å². The number of esters is 1. The van der Waals surface area contributed by atoms with Gasteiger partial charge in [-0.05, 0) is 18.2 Å². The van der Waals surface area contributed by atoms with Crippen molar-refractivity contribution < 1.29 is 28.7 Å². The van der Waals surface area contributed by atoms with Gasteiger partial charge in [-0.3, -0.25) is 10.1 Å². The van der Waals surface area contributed by atoms with E-state index in [2.05, 4.69) is 0 Å². The minimum Gasteiger partial charge on any atom is -0.494 e. The molecule has 0 aromatic heterocycles.